The number of rotatable bonds is 7. The van der Waals surface area contributed by atoms with Gasteiger partial charge in [0.2, 0.25) is 5.95 Å². The Bertz CT molecular complexity index is 982. The van der Waals surface area contributed by atoms with Crippen molar-refractivity contribution >= 4 is 17.0 Å². The Balaban J connectivity index is 1.61. The van der Waals surface area contributed by atoms with Crippen molar-refractivity contribution in [2.75, 3.05) is 44.7 Å². The average molecular weight is 397 g/mol. The summed E-state index contributed by atoms with van der Waals surface area (Å²) in [6, 6.07) is 9.17. The number of aromatic hydroxyl groups is 1. The lowest BCUT2D eigenvalue weighted by molar-refractivity contribution is 0.0398. The number of hydrogen-bond acceptors (Lipinski definition) is 7. The molecule has 0 atom stereocenters. The first kappa shape index (κ1) is 19.6. The third-order valence-corrected chi connectivity index (χ3v) is 5.21. The maximum absolute atomic E-state index is 10.3. The van der Waals surface area contributed by atoms with Crippen LogP contribution in [0.2, 0.25) is 0 Å². The molecule has 8 heteroatoms. The van der Waals surface area contributed by atoms with E-state index in [2.05, 4.69) is 15.2 Å². The molecule has 1 fully saturated rings. The number of pyridine rings is 1. The van der Waals surface area contributed by atoms with Gasteiger partial charge in [-0.25, -0.2) is 4.98 Å². The number of aromatic nitrogens is 3. The first-order valence-electron chi connectivity index (χ1n) is 9.93. The van der Waals surface area contributed by atoms with E-state index in [1.807, 2.05) is 29.7 Å². The number of hydrogen-bond donors (Lipinski definition) is 3. The highest BCUT2D eigenvalue weighted by Gasteiger charge is 2.15. The first-order chi connectivity index (χ1) is 14.1. The van der Waals surface area contributed by atoms with Gasteiger partial charge in [0, 0.05) is 31.9 Å². The van der Waals surface area contributed by atoms with Gasteiger partial charge in [0.05, 0.1) is 37.4 Å². The minimum atomic E-state index is -0.0329. The average Bonchev–Trinajstić information content (AvgIpc) is 3.08. The first-order valence-corrected chi connectivity index (χ1v) is 9.93. The zero-order chi connectivity index (χ0) is 20.2. The molecule has 3 aromatic rings. The van der Waals surface area contributed by atoms with Crippen LogP contribution in [0.4, 0.5) is 5.95 Å². The number of morpholine rings is 1. The van der Waals surface area contributed by atoms with Gasteiger partial charge in [-0.1, -0.05) is 6.07 Å². The number of ether oxygens (including phenoxy) is 1. The van der Waals surface area contributed by atoms with Crippen molar-refractivity contribution in [1.82, 2.24) is 19.4 Å². The summed E-state index contributed by atoms with van der Waals surface area (Å²) in [4.78, 5) is 11.6. The number of aryl methyl sites for hydroxylation is 1. The smallest absolute Gasteiger partial charge is 0.204 e. The predicted molar refractivity (Wildman–Crippen MR) is 111 cm³/mol. The highest BCUT2D eigenvalue weighted by molar-refractivity contribution is 5.79. The molecule has 0 aliphatic carbocycles. The summed E-state index contributed by atoms with van der Waals surface area (Å²) in [7, 11) is 0. The standard InChI is InChI=1S/C21H27N5O3/c1-15-2-5-20(28)18(23-15)13-26-19-12-16(14-27)3-4-17(19)24-21(26)22-6-7-25-8-10-29-11-9-25/h2-5,12,27-28H,6-11,13-14H2,1H3,(H,22,24). The second-order valence-electron chi connectivity index (χ2n) is 7.30. The van der Waals surface area contributed by atoms with Gasteiger partial charge in [0.25, 0.3) is 0 Å². The lowest BCUT2D eigenvalue weighted by Crippen LogP contribution is -2.39. The molecule has 8 nitrogen and oxygen atoms in total. The lowest BCUT2D eigenvalue weighted by atomic mass is 10.2. The zero-order valence-electron chi connectivity index (χ0n) is 16.6. The maximum Gasteiger partial charge on any atom is 0.204 e. The quantitative estimate of drug-likeness (QED) is 0.559. The van der Waals surface area contributed by atoms with Crippen molar-refractivity contribution in [3.05, 3.63) is 47.3 Å². The number of benzene rings is 1. The molecular formula is C21H27N5O3. The van der Waals surface area contributed by atoms with E-state index in [0.717, 1.165) is 67.6 Å². The molecule has 0 radical (unpaired) electrons. The Labute approximate surface area is 169 Å². The van der Waals surface area contributed by atoms with Crippen LogP contribution < -0.4 is 5.32 Å². The van der Waals surface area contributed by atoms with Gasteiger partial charge >= 0.3 is 0 Å². The van der Waals surface area contributed by atoms with E-state index in [9.17, 15) is 10.2 Å². The van der Waals surface area contributed by atoms with Gasteiger partial charge in [-0.15, -0.1) is 0 Å². The van der Waals surface area contributed by atoms with Gasteiger partial charge in [0.15, 0.2) is 0 Å². The summed E-state index contributed by atoms with van der Waals surface area (Å²) in [5.41, 5.74) is 3.99. The number of aliphatic hydroxyl groups excluding tert-OH is 1. The SMILES string of the molecule is Cc1ccc(O)c(Cn2c(NCCN3CCOCC3)nc3ccc(CO)cc32)n1. The van der Waals surface area contributed by atoms with Crippen LogP contribution >= 0.6 is 0 Å². The Morgan fingerprint density at radius 3 is 2.76 bits per heavy atom. The van der Waals surface area contributed by atoms with Crippen LogP contribution in [-0.2, 0) is 17.9 Å². The Hall–Kier alpha value is -2.68. The maximum atomic E-state index is 10.3. The molecule has 29 heavy (non-hydrogen) atoms. The molecule has 2 aromatic heterocycles. The van der Waals surface area contributed by atoms with E-state index in [1.165, 1.54) is 0 Å². The largest absolute Gasteiger partial charge is 0.506 e. The van der Waals surface area contributed by atoms with Crippen molar-refractivity contribution in [3.8, 4) is 5.75 Å². The molecule has 154 valence electrons. The van der Waals surface area contributed by atoms with Crippen molar-refractivity contribution in [1.29, 1.82) is 0 Å². The molecular weight excluding hydrogens is 370 g/mol. The molecule has 3 heterocycles. The summed E-state index contributed by atoms with van der Waals surface area (Å²) in [6.45, 7) is 7.36. The van der Waals surface area contributed by atoms with E-state index in [0.29, 0.717) is 12.2 Å². The van der Waals surface area contributed by atoms with E-state index >= 15 is 0 Å². The molecule has 0 bridgehead atoms. The Morgan fingerprint density at radius 1 is 1.14 bits per heavy atom. The molecule has 1 saturated heterocycles. The van der Waals surface area contributed by atoms with E-state index in [1.54, 1.807) is 12.1 Å². The summed E-state index contributed by atoms with van der Waals surface area (Å²) in [5, 5.41) is 23.2. The molecule has 1 aliphatic heterocycles. The second-order valence-corrected chi connectivity index (χ2v) is 7.30. The van der Waals surface area contributed by atoms with Gasteiger partial charge in [-0.2, -0.15) is 0 Å². The molecule has 1 aliphatic rings. The predicted octanol–water partition coefficient (Wildman–Crippen LogP) is 1.73. The topological polar surface area (TPSA) is 95.7 Å². The molecule has 1 aromatic carbocycles. The second kappa shape index (κ2) is 8.77. The fourth-order valence-electron chi connectivity index (χ4n) is 3.58. The molecule has 0 spiro atoms. The zero-order valence-corrected chi connectivity index (χ0v) is 16.6. The number of nitrogens with one attached hydrogen (secondary N) is 1. The van der Waals surface area contributed by atoms with Crippen molar-refractivity contribution in [2.45, 2.75) is 20.1 Å². The molecule has 4 rings (SSSR count). The molecule has 0 saturated carbocycles. The van der Waals surface area contributed by atoms with Crippen LogP contribution in [0, 0.1) is 6.92 Å². The van der Waals surface area contributed by atoms with Crippen LogP contribution in [0.1, 0.15) is 17.0 Å². The minimum Gasteiger partial charge on any atom is -0.506 e. The minimum absolute atomic E-state index is 0.0329. The van der Waals surface area contributed by atoms with Crippen LogP contribution in [0.5, 0.6) is 5.75 Å². The van der Waals surface area contributed by atoms with Crippen LogP contribution in [0.3, 0.4) is 0 Å². The van der Waals surface area contributed by atoms with Crippen LogP contribution in [0.25, 0.3) is 11.0 Å². The summed E-state index contributed by atoms with van der Waals surface area (Å²) in [6.07, 6.45) is 0. The van der Waals surface area contributed by atoms with Crippen molar-refractivity contribution < 1.29 is 14.9 Å². The number of anilines is 1. The van der Waals surface area contributed by atoms with Crippen LogP contribution in [0.15, 0.2) is 30.3 Å². The Morgan fingerprint density at radius 2 is 1.97 bits per heavy atom. The van der Waals surface area contributed by atoms with E-state index in [4.69, 9.17) is 9.72 Å². The Kier molecular flexibility index (Phi) is 5.94. The van der Waals surface area contributed by atoms with Crippen LogP contribution in [-0.4, -0.2) is 69.0 Å². The van der Waals surface area contributed by atoms with E-state index < -0.39 is 0 Å². The summed E-state index contributed by atoms with van der Waals surface area (Å²) < 4.78 is 7.41. The monoisotopic (exact) mass is 397 g/mol. The van der Waals surface area contributed by atoms with Gasteiger partial charge in [-0.05, 0) is 36.8 Å². The van der Waals surface area contributed by atoms with E-state index in [-0.39, 0.29) is 12.4 Å². The fourth-order valence-corrected chi connectivity index (χ4v) is 3.58. The third-order valence-electron chi connectivity index (χ3n) is 5.21. The van der Waals surface area contributed by atoms with Crippen molar-refractivity contribution in [2.24, 2.45) is 0 Å². The number of aliphatic hydroxyl groups is 1. The lowest BCUT2D eigenvalue weighted by Gasteiger charge is -2.26. The highest BCUT2D eigenvalue weighted by atomic mass is 16.5. The van der Waals surface area contributed by atoms with Gasteiger partial charge < -0.3 is 24.8 Å². The van der Waals surface area contributed by atoms with Gasteiger partial charge in [-0.3, -0.25) is 9.88 Å². The normalized spacial score (nSPS) is 15.1. The number of fused-ring (bicyclic) bond motifs is 1. The third kappa shape index (κ3) is 4.50. The van der Waals surface area contributed by atoms with Crippen molar-refractivity contribution in [3.63, 3.8) is 0 Å². The number of nitrogens with zero attached hydrogens (tertiary/aromatic N) is 4. The molecule has 3 N–H and O–H groups in total. The van der Waals surface area contributed by atoms with Gasteiger partial charge in [0.1, 0.15) is 11.4 Å². The summed E-state index contributed by atoms with van der Waals surface area (Å²) in [5.74, 6) is 0.890. The molecule has 0 unspecified atom stereocenters. The summed E-state index contributed by atoms with van der Waals surface area (Å²) >= 11 is 0. The molecule has 0 amide bonds. The fraction of sp³-hybridized carbons (Fsp3) is 0.429. The highest BCUT2D eigenvalue weighted by Crippen LogP contribution is 2.25. The number of imidazole rings is 1.